The van der Waals surface area contributed by atoms with Crippen molar-refractivity contribution in [3.05, 3.63) is 48.3 Å². The van der Waals surface area contributed by atoms with E-state index in [0.717, 1.165) is 24.0 Å². The number of aryl methyl sites for hydroxylation is 1. The van der Waals surface area contributed by atoms with Gasteiger partial charge in [0.15, 0.2) is 11.5 Å². The lowest BCUT2D eigenvalue weighted by molar-refractivity contribution is 0.0952. The largest absolute Gasteiger partial charge is 0.493 e. The molecule has 0 spiro atoms. The summed E-state index contributed by atoms with van der Waals surface area (Å²) in [6.45, 7) is 1.32. The van der Waals surface area contributed by atoms with Crippen molar-refractivity contribution < 1.29 is 19.0 Å². The third-order valence-electron chi connectivity index (χ3n) is 4.31. The zero-order valence-corrected chi connectivity index (χ0v) is 15.7. The second kappa shape index (κ2) is 8.44. The molecule has 7 heteroatoms. The van der Waals surface area contributed by atoms with Gasteiger partial charge in [-0.2, -0.15) is 0 Å². The van der Waals surface area contributed by atoms with Crippen LogP contribution in [0.25, 0.3) is 11.0 Å². The molecule has 142 valence electrons. The van der Waals surface area contributed by atoms with Crippen molar-refractivity contribution in [1.29, 1.82) is 0 Å². The molecule has 7 nitrogen and oxygen atoms in total. The zero-order chi connectivity index (χ0) is 19.2. The predicted molar refractivity (Wildman–Crippen MR) is 103 cm³/mol. The molecule has 1 aromatic carbocycles. The van der Waals surface area contributed by atoms with Crippen LogP contribution in [0.2, 0.25) is 0 Å². The van der Waals surface area contributed by atoms with Crippen molar-refractivity contribution in [3.8, 4) is 17.2 Å². The quantitative estimate of drug-likeness (QED) is 0.618. The average molecular weight is 369 g/mol. The minimum absolute atomic E-state index is 0.190. The van der Waals surface area contributed by atoms with Crippen LogP contribution in [0, 0.1) is 0 Å². The number of ether oxygens (including phenoxy) is 3. The Bertz CT molecular complexity index is 911. The number of nitrogens with zero attached hydrogens (tertiary/aromatic N) is 2. The van der Waals surface area contributed by atoms with E-state index in [1.165, 1.54) is 21.3 Å². The number of hydrogen-bond donors (Lipinski definition) is 1. The van der Waals surface area contributed by atoms with Gasteiger partial charge in [0.2, 0.25) is 5.75 Å². The molecule has 2 heterocycles. The van der Waals surface area contributed by atoms with Crippen molar-refractivity contribution in [2.24, 2.45) is 0 Å². The fourth-order valence-electron chi connectivity index (χ4n) is 2.97. The first kappa shape index (κ1) is 18.6. The molecule has 0 aliphatic heterocycles. The lowest BCUT2D eigenvalue weighted by Gasteiger charge is -2.14. The zero-order valence-electron chi connectivity index (χ0n) is 15.7. The number of fused-ring (bicyclic) bond motifs is 1. The minimum Gasteiger partial charge on any atom is -0.493 e. The fraction of sp³-hybridized carbons (Fsp3) is 0.300. The van der Waals surface area contributed by atoms with Crippen LogP contribution in [0.5, 0.6) is 17.2 Å². The number of nitrogens with one attached hydrogen (secondary N) is 1. The molecule has 2 aromatic heterocycles. The van der Waals surface area contributed by atoms with Gasteiger partial charge in [0.05, 0.1) is 21.3 Å². The number of amides is 1. The first-order valence-electron chi connectivity index (χ1n) is 8.66. The third-order valence-corrected chi connectivity index (χ3v) is 4.31. The van der Waals surface area contributed by atoms with Gasteiger partial charge in [0.25, 0.3) is 5.91 Å². The molecule has 0 bridgehead atoms. The van der Waals surface area contributed by atoms with Gasteiger partial charge in [0, 0.05) is 36.4 Å². The first-order valence-corrected chi connectivity index (χ1v) is 8.66. The Labute approximate surface area is 157 Å². The highest BCUT2D eigenvalue weighted by Gasteiger charge is 2.16. The monoisotopic (exact) mass is 369 g/mol. The van der Waals surface area contributed by atoms with Crippen LogP contribution in [0.3, 0.4) is 0 Å². The van der Waals surface area contributed by atoms with Crippen molar-refractivity contribution in [3.63, 3.8) is 0 Å². The summed E-state index contributed by atoms with van der Waals surface area (Å²) in [5.41, 5.74) is 1.41. The van der Waals surface area contributed by atoms with Crippen LogP contribution < -0.4 is 19.5 Å². The molecule has 0 saturated heterocycles. The van der Waals surface area contributed by atoms with E-state index in [2.05, 4.69) is 14.9 Å². The Hall–Kier alpha value is -3.22. The summed E-state index contributed by atoms with van der Waals surface area (Å²) in [6.07, 6.45) is 4.58. The van der Waals surface area contributed by atoms with Gasteiger partial charge in [-0.15, -0.1) is 0 Å². The Morgan fingerprint density at radius 2 is 1.85 bits per heavy atom. The first-order chi connectivity index (χ1) is 13.2. The summed E-state index contributed by atoms with van der Waals surface area (Å²) >= 11 is 0. The molecular weight excluding hydrogens is 346 g/mol. The van der Waals surface area contributed by atoms with Gasteiger partial charge >= 0.3 is 0 Å². The number of hydrogen-bond acceptors (Lipinski definition) is 5. The maximum atomic E-state index is 12.5. The van der Waals surface area contributed by atoms with Crippen LogP contribution in [-0.2, 0) is 6.54 Å². The molecule has 0 atom stereocenters. The molecule has 3 aromatic rings. The molecule has 0 aliphatic carbocycles. The molecule has 1 amide bonds. The van der Waals surface area contributed by atoms with Crippen LogP contribution in [0.4, 0.5) is 0 Å². The topological polar surface area (TPSA) is 74.6 Å². The summed E-state index contributed by atoms with van der Waals surface area (Å²) in [4.78, 5) is 16.9. The normalized spacial score (nSPS) is 10.6. The molecule has 0 fully saturated rings. The highest BCUT2D eigenvalue weighted by Crippen LogP contribution is 2.38. The number of aromatic nitrogens is 2. The van der Waals surface area contributed by atoms with E-state index in [1.807, 2.05) is 24.4 Å². The molecule has 3 rings (SSSR count). The van der Waals surface area contributed by atoms with Crippen molar-refractivity contribution in [2.45, 2.75) is 13.0 Å². The number of pyridine rings is 1. The minimum atomic E-state index is -0.190. The van der Waals surface area contributed by atoms with Gasteiger partial charge in [-0.3, -0.25) is 4.79 Å². The molecule has 0 aliphatic rings. The Morgan fingerprint density at radius 1 is 1.11 bits per heavy atom. The predicted octanol–water partition coefficient (Wildman–Crippen LogP) is 2.88. The number of rotatable bonds is 8. The second-order valence-corrected chi connectivity index (χ2v) is 5.95. The van der Waals surface area contributed by atoms with Gasteiger partial charge in [-0.1, -0.05) is 0 Å². The standard InChI is InChI=1S/C20H23N3O4/c1-25-16-12-15(13-17(26-2)18(16)27-3)20(24)22-9-5-10-23-11-7-14-6-4-8-21-19(14)23/h4,6-8,11-13H,5,9-10H2,1-3H3,(H,22,24). The maximum Gasteiger partial charge on any atom is 0.251 e. The van der Waals surface area contributed by atoms with Crippen LogP contribution in [-0.4, -0.2) is 43.3 Å². The van der Waals surface area contributed by atoms with Crippen molar-refractivity contribution in [1.82, 2.24) is 14.9 Å². The van der Waals surface area contributed by atoms with E-state index in [0.29, 0.717) is 29.4 Å². The Morgan fingerprint density at radius 3 is 2.52 bits per heavy atom. The highest BCUT2D eigenvalue weighted by atomic mass is 16.5. The number of benzene rings is 1. The second-order valence-electron chi connectivity index (χ2n) is 5.95. The molecule has 1 N–H and O–H groups in total. The number of carbonyl (C=O) groups is 1. The summed E-state index contributed by atoms with van der Waals surface area (Å²) < 4.78 is 17.9. The molecule has 0 unspecified atom stereocenters. The van der Waals surface area contributed by atoms with Crippen molar-refractivity contribution in [2.75, 3.05) is 27.9 Å². The van der Waals surface area contributed by atoms with Crippen LogP contribution >= 0.6 is 0 Å². The smallest absolute Gasteiger partial charge is 0.251 e. The average Bonchev–Trinajstić information content (AvgIpc) is 3.12. The number of carbonyl (C=O) groups excluding carboxylic acids is 1. The summed E-state index contributed by atoms with van der Waals surface area (Å²) in [6, 6.07) is 9.27. The summed E-state index contributed by atoms with van der Waals surface area (Å²) in [5.74, 6) is 1.17. The lowest BCUT2D eigenvalue weighted by Crippen LogP contribution is -2.25. The van der Waals surface area contributed by atoms with Gasteiger partial charge in [-0.05, 0) is 36.8 Å². The van der Waals surface area contributed by atoms with E-state index < -0.39 is 0 Å². The molecule has 0 radical (unpaired) electrons. The van der Waals surface area contributed by atoms with E-state index in [-0.39, 0.29) is 5.91 Å². The van der Waals surface area contributed by atoms with E-state index in [4.69, 9.17) is 14.2 Å². The van der Waals surface area contributed by atoms with Crippen molar-refractivity contribution >= 4 is 16.9 Å². The van der Waals surface area contributed by atoms with E-state index >= 15 is 0 Å². The SMILES string of the molecule is COc1cc(C(=O)NCCCn2ccc3cccnc32)cc(OC)c1OC. The summed E-state index contributed by atoms with van der Waals surface area (Å²) in [7, 11) is 4.57. The van der Waals surface area contributed by atoms with Gasteiger partial charge in [-0.25, -0.2) is 4.98 Å². The molecular formula is C20H23N3O4. The molecule has 0 saturated carbocycles. The number of methoxy groups -OCH3 is 3. The van der Waals surface area contributed by atoms with E-state index in [1.54, 1.807) is 18.3 Å². The summed E-state index contributed by atoms with van der Waals surface area (Å²) in [5, 5.41) is 4.04. The highest BCUT2D eigenvalue weighted by molar-refractivity contribution is 5.95. The third kappa shape index (κ3) is 3.97. The molecule has 27 heavy (non-hydrogen) atoms. The van der Waals surface area contributed by atoms with E-state index in [9.17, 15) is 4.79 Å². The van der Waals surface area contributed by atoms with Crippen LogP contribution in [0.15, 0.2) is 42.7 Å². The lowest BCUT2D eigenvalue weighted by atomic mass is 10.1. The van der Waals surface area contributed by atoms with Crippen LogP contribution in [0.1, 0.15) is 16.8 Å². The fourth-order valence-corrected chi connectivity index (χ4v) is 2.97. The van der Waals surface area contributed by atoms with Gasteiger partial charge in [0.1, 0.15) is 5.65 Å². The Balaban J connectivity index is 1.61. The maximum absolute atomic E-state index is 12.5. The Kier molecular flexibility index (Phi) is 5.80. The van der Waals surface area contributed by atoms with Gasteiger partial charge < -0.3 is 24.1 Å².